The topological polar surface area (TPSA) is 20.2 Å². The highest BCUT2D eigenvalue weighted by atomic mass is 19.4. The maximum Gasteiger partial charge on any atom is 0.416 e. The van der Waals surface area contributed by atoms with E-state index >= 15 is 0 Å². The fourth-order valence-corrected chi connectivity index (χ4v) is 2.04. The second-order valence-corrected chi connectivity index (χ2v) is 4.31. The fourth-order valence-electron chi connectivity index (χ4n) is 2.04. The summed E-state index contributed by atoms with van der Waals surface area (Å²) in [6, 6.07) is 5.35. The average molecular weight is 242 g/mol. The number of hydrogen-bond acceptors (Lipinski definition) is 1. The predicted octanol–water partition coefficient (Wildman–Crippen LogP) is 3.33. The van der Waals surface area contributed by atoms with Crippen molar-refractivity contribution in [3.63, 3.8) is 0 Å². The highest BCUT2D eigenvalue weighted by molar-refractivity contribution is 5.30. The summed E-state index contributed by atoms with van der Waals surface area (Å²) in [6.45, 7) is 0. The van der Waals surface area contributed by atoms with Crippen molar-refractivity contribution in [2.24, 2.45) is 0 Å². The van der Waals surface area contributed by atoms with Crippen molar-refractivity contribution < 1.29 is 18.3 Å². The van der Waals surface area contributed by atoms with Crippen LogP contribution in [0.3, 0.4) is 0 Å². The number of halogens is 3. The summed E-state index contributed by atoms with van der Waals surface area (Å²) >= 11 is 0. The number of rotatable bonds is 2. The zero-order valence-electron chi connectivity index (χ0n) is 9.17. The first-order chi connectivity index (χ1) is 7.95. The maximum absolute atomic E-state index is 12.5. The molecule has 0 spiro atoms. The molecule has 0 bridgehead atoms. The molecular weight excluding hydrogens is 229 g/mol. The van der Waals surface area contributed by atoms with Gasteiger partial charge in [-0.1, -0.05) is 29.8 Å². The molecule has 1 N–H and O–H groups in total. The lowest BCUT2D eigenvalue weighted by Gasteiger charge is -2.09. The van der Waals surface area contributed by atoms with Crippen LogP contribution in [0.2, 0.25) is 0 Å². The SMILES string of the molecule is OC1C=C(Cc2cccc(C(F)(F)F)c2)CC1. The lowest BCUT2D eigenvalue weighted by Crippen LogP contribution is -2.05. The van der Waals surface area contributed by atoms with Crippen LogP contribution < -0.4 is 0 Å². The number of aliphatic hydroxyl groups is 1. The van der Waals surface area contributed by atoms with E-state index in [4.69, 9.17) is 0 Å². The second-order valence-electron chi connectivity index (χ2n) is 4.31. The van der Waals surface area contributed by atoms with E-state index in [1.807, 2.05) is 0 Å². The Morgan fingerprint density at radius 1 is 1.29 bits per heavy atom. The lowest BCUT2D eigenvalue weighted by molar-refractivity contribution is -0.137. The van der Waals surface area contributed by atoms with E-state index in [-0.39, 0.29) is 0 Å². The molecule has 1 nitrogen and oxygen atoms in total. The molecule has 17 heavy (non-hydrogen) atoms. The maximum atomic E-state index is 12.5. The molecule has 1 atom stereocenters. The van der Waals surface area contributed by atoms with Crippen molar-refractivity contribution in [1.29, 1.82) is 0 Å². The second kappa shape index (κ2) is 4.53. The van der Waals surface area contributed by atoms with Crippen molar-refractivity contribution >= 4 is 0 Å². The smallest absolute Gasteiger partial charge is 0.389 e. The van der Waals surface area contributed by atoms with Crippen molar-refractivity contribution in [1.82, 2.24) is 0 Å². The first-order valence-corrected chi connectivity index (χ1v) is 5.49. The minimum atomic E-state index is -4.29. The number of alkyl halides is 3. The minimum Gasteiger partial charge on any atom is -0.389 e. The van der Waals surface area contributed by atoms with Crippen LogP contribution in [-0.2, 0) is 12.6 Å². The highest BCUT2D eigenvalue weighted by Crippen LogP contribution is 2.30. The Balaban J connectivity index is 2.15. The molecule has 4 heteroatoms. The van der Waals surface area contributed by atoms with E-state index < -0.39 is 17.8 Å². The van der Waals surface area contributed by atoms with Gasteiger partial charge in [-0.25, -0.2) is 0 Å². The molecule has 0 radical (unpaired) electrons. The molecule has 2 rings (SSSR count). The Morgan fingerprint density at radius 2 is 2.06 bits per heavy atom. The molecule has 0 aromatic heterocycles. The van der Waals surface area contributed by atoms with Gasteiger partial charge in [-0.2, -0.15) is 13.2 Å². The van der Waals surface area contributed by atoms with Gasteiger partial charge in [0, 0.05) is 0 Å². The molecule has 1 aliphatic carbocycles. The van der Waals surface area contributed by atoms with Crippen molar-refractivity contribution in [2.75, 3.05) is 0 Å². The van der Waals surface area contributed by atoms with Gasteiger partial charge in [0.1, 0.15) is 0 Å². The lowest BCUT2D eigenvalue weighted by atomic mass is 10.0. The van der Waals surface area contributed by atoms with Crippen LogP contribution in [-0.4, -0.2) is 11.2 Å². The van der Waals surface area contributed by atoms with Gasteiger partial charge in [0.2, 0.25) is 0 Å². The van der Waals surface area contributed by atoms with E-state index in [1.165, 1.54) is 12.1 Å². The summed E-state index contributed by atoms with van der Waals surface area (Å²) in [5.41, 5.74) is 1.03. The summed E-state index contributed by atoms with van der Waals surface area (Å²) in [5, 5.41) is 9.31. The standard InChI is InChI=1S/C13H13F3O/c14-13(15,16)11-3-1-2-9(7-11)6-10-4-5-12(17)8-10/h1-3,7-8,12,17H,4-6H2. The Bertz CT molecular complexity index is 435. The Kier molecular flexibility index (Phi) is 3.24. The van der Waals surface area contributed by atoms with E-state index in [2.05, 4.69) is 0 Å². The van der Waals surface area contributed by atoms with Crippen LogP contribution in [0.4, 0.5) is 13.2 Å². The summed E-state index contributed by atoms with van der Waals surface area (Å²) in [7, 11) is 0. The molecule has 0 saturated heterocycles. The van der Waals surface area contributed by atoms with Crippen molar-refractivity contribution in [3.8, 4) is 0 Å². The van der Waals surface area contributed by atoms with Gasteiger partial charge in [0.05, 0.1) is 11.7 Å². The quantitative estimate of drug-likeness (QED) is 0.789. The molecule has 0 amide bonds. The normalized spacial score (nSPS) is 20.5. The Labute approximate surface area is 97.6 Å². The molecule has 0 saturated carbocycles. The highest BCUT2D eigenvalue weighted by Gasteiger charge is 2.30. The van der Waals surface area contributed by atoms with Crippen LogP contribution in [0.5, 0.6) is 0 Å². The molecule has 0 aliphatic heterocycles. The fraction of sp³-hybridized carbons (Fsp3) is 0.385. The van der Waals surface area contributed by atoms with E-state index in [1.54, 1.807) is 12.1 Å². The van der Waals surface area contributed by atoms with Crippen LogP contribution in [0.15, 0.2) is 35.9 Å². The first kappa shape index (κ1) is 12.2. The van der Waals surface area contributed by atoms with Crippen LogP contribution >= 0.6 is 0 Å². The summed E-state index contributed by atoms with van der Waals surface area (Å²) in [6.07, 6.45) is -1.07. The first-order valence-electron chi connectivity index (χ1n) is 5.49. The molecule has 1 aromatic carbocycles. The van der Waals surface area contributed by atoms with E-state index in [9.17, 15) is 18.3 Å². The Morgan fingerprint density at radius 3 is 2.65 bits per heavy atom. The monoisotopic (exact) mass is 242 g/mol. The zero-order chi connectivity index (χ0) is 12.5. The van der Waals surface area contributed by atoms with Crippen molar-refractivity contribution in [3.05, 3.63) is 47.0 Å². The molecule has 92 valence electrons. The molecule has 0 heterocycles. The third-order valence-electron chi connectivity index (χ3n) is 2.87. The third-order valence-corrected chi connectivity index (χ3v) is 2.87. The zero-order valence-corrected chi connectivity index (χ0v) is 9.17. The number of aliphatic hydroxyl groups excluding tert-OH is 1. The van der Waals surface area contributed by atoms with Gasteiger partial charge in [0.15, 0.2) is 0 Å². The number of allylic oxidation sites excluding steroid dienone is 1. The minimum absolute atomic E-state index is 0.434. The van der Waals surface area contributed by atoms with Crippen LogP contribution in [0, 0.1) is 0 Å². The Hall–Kier alpha value is -1.29. The van der Waals surface area contributed by atoms with Crippen LogP contribution in [0.1, 0.15) is 24.0 Å². The van der Waals surface area contributed by atoms with E-state index in [0.29, 0.717) is 18.4 Å². The summed E-state index contributed by atoms with van der Waals surface area (Å²) in [4.78, 5) is 0. The van der Waals surface area contributed by atoms with Crippen LogP contribution in [0.25, 0.3) is 0 Å². The number of hydrogen-bond donors (Lipinski definition) is 1. The van der Waals surface area contributed by atoms with Crippen molar-refractivity contribution in [2.45, 2.75) is 31.5 Å². The number of benzene rings is 1. The molecular formula is C13H13F3O. The molecule has 1 aromatic rings. The predicted molar refractivity (Wildman–Crippen MR) is 58.5 cm³/mol. The molecule has 1 aliphatic rings. The summed E-state index contributed by atoms with van der Waals surface area (Å²) < 4.78 is 37.5. The third kappa shape index (κ3) is 3.09. The summed E-state index contributed by atoms with van der Waals surface area (Å²) in [5.74, 6) is 0. The van der Waals surface area contributed by atoms with Gasteiger partial charge in [-0.3, -0.25) is 0 Å². The average Bonchev–Trinajstić information content (AvgIpc) is 2.63. The van der Waals surface area contributed by atoms with E-state index in [0.717, 1.165) is 18.1 Å². The largest absolute Gasteiger partial charge is 0.416 e. The van der Waals surface area contributed by atoms with Gasteiger partial charge in [0.25, 0.3) is 0 Å². The van der Waals surface area contributed by atoms with Gasteiger partial charge >= 0.3 is 6.18 Å². The van der Waals surface area contributed by atoms with Gasteiger partial charge in [-0.05, 0) is 30.9 Å². The van der Waals surface area contributed by atoms with Gasteiger partial charge in [-0.15, -0.1) is 0 Å². The molecule has 1 unspecified atom stereocenters. The van der Waals surface area contributed by atoms with Gasteiger partial charge < -0.3 is 5.11 Å². The molecule has 0 fully saturated rings.